The smallest absolute Gasteiger partial charge is 0.349 e. The third-order valence-electron chi connectivity index (χ3n) is 4.04. The van der Waals surface area contributed by atoms with Crippen molar-refractivity contribution in [3.63, 3.8) is 0 Å². The van der Waals surface area contributed by atoms with Crippen LogP contribution in [0.25, 0.3) is 6.08 Å². The minimum atomic E-state index is -4.15. The molecule has 2 rings (SSSR count). The van der Waals surface area contributed by atoms with Crippen LogP contribution in [-0.2, 0) is 4.57 Å². The molecule has 0 bridgehead atoms. The minimum absolute atomic E-state index is 0.507. The second-order valence-corrected chi connectivity index (χ2v) is 8.18. The van der Waals surface area contributed by atoms with E-state index in [1.807, 2.05) is 45.0 Å². The first-order valence-electron chi connectivity index (χ1n) is 8.21. The lowest BCUT2D eigenvalue weighted by atomic mass is 9.87. The van der Waals surface area contributed by atoms with Gasteiger partial charge in [0.15, 0.2) is 0 Å². The van der Waals surface area contributed by atoms with Gasteiger partial charge in [-0.25, -0.2) is 0 Å². The highest BCUT2D eigenvalue weighted by Gasteiger charge is 2.31. The molecule has 0 saturated carbocycles. The van der Waals surface area contributed by atoms with Gasteiger partial charge in [-0.1, -0.05) is 18.2 Å². The van der Waals surface area contributed by atoms with E-state index < -0.39 is 13.2 Å². The van der Waals surface area contributed by atoms with Crippen molar-refractivity contribution in [2.45, 2.75) is 33.3 Å². The molecule has 2 N–H and O–H groups in total. The van der Waals surface area contributed by atoms with Crippen molar-refractivity contribution in [1.29, 1.82) is 0 Å². The molecule has 0 fully saturated rings. The van der Waals surface area contributed by atoms with Gasteiger partial charge in [0.1, 0.15) is 17.1 Å². The zero-order valence-electron chi connectivity index (χ0n) is 15.7. The molecule has 0 spiro atoms. The molecule has 1 aromatic rings. The first-order chi connectivity index (χ1) is 12.0. The quantitative estimate of drug-likeness (QED) is 0.568. The second kappa shape index (κ2) is 7.67. The van der Waals surface area contributed by atoms with E-state index in [4.69, 9.17) is 19.3 Å². The van der Waals surface area contributed by atoms with Gasteiger partial charge in [-0.15, -0.1) is 0 Å². The Hall–Kier alpha value is -2.07. The summed E-state index contributed by atoms with van der Waals surface area (Å²) in [4.78, 5) is 17.9. The maximum atomic E-state index is 11.0. The molecule has 0 atom stereocenters. The summed E-state index contributed by atoms with van der Waals surface area (Å²) in [6.45, 7) is 7.63. The van der Waals surface area contributed by atoms with Gasteiger partial charge < -0.3 is 19.3 Å². The lowest BCUT2D eigenvalue weighted by Gasteiger charge is -2.34. The summed E-state index contributed by atoms with van der Waals surface area (Å²) in [6, 6.07) is 5.72. The monoisotopic (exact) mass is 376 g/mol. The average Bonchev–Trinajstić information content (AvgIpc) is 2.50. The van der Waals surface area contributed by atoms with Crippen molar-refractivity contribution >= 4 is 13.7 Å². The molecule has 0 aromatic heterocycles. The highest BCUT2D eigenvalue weighted by Crippen LogP contribution is 2.40. The molecule has 5 nitrogen and oxygen atoms in total. The number of hydrogen-bond donors (Lipinski definition) is 2. The predicted octanol–water partition coefficient (Wildman–Crippen LogP) is 4.83. The number of hydrogen-bond acceptors (Lipinski definition) is 3. The lowest BCUT2D eigenvalue weighted by molar-refractivity contribution is 0.147. The maximum Gasteiger partial charge on any atom is 0.349 e. The molecule has 0 saturated heterocycles. The van der Waals surface area contributed by atoms with Crippen LogP contribution in [0.4, 0.5) is 0 Å². The Morgan fingerprint density at radius 2 is 1.96 bits per heavy atom. The second-order valence-electron chi connectivity index (χ2n) is 6.75. The van der Waals surface area contributed by atoms with Crippen LogP contribution in [0.1, 0.15) is 33.3 Å². The maximum absolute atomic E-state index is 11.0. The van der Waals surface area contributed by atoms with Gasteiger partial charge in [-0.2, -0.15) is 0 Å². The normalized spacial score (nSPS) is 17.6. The summed E-state index contributed by atoms with van der Waals surface area (Å²) in [7, 11) is -2.53. The van der Waals surface area contributed by atoms with Crippen LogP contribution in [0, 0.1) is 0 Å². The molecule has 0 radical (unpaired) electrons. The van der Waals surface area contributed by atoms with Gasteiger partial charge in [0.05, 0.1) is 7.11 Å². The Labute approximate surface area is 154 Å². The van der Waals surface area contributed by atoms with Crippen molar-refractivity contribution < 1.29 is 23.8 Å². The fourth-order valence-corrected chi connectivity index (χ4v) is 3.46. The van der Waals surface area contributed by atoms with E-state index in [0.29, 0.717) is 5.57 Å². The minimum Gasteiger partial charge on any atom is -0.497 e. The van der Waals surface area contributed by atoms with Crippen molar-refractivity contribution in [1.82, 2.24) is 0 Å². The van der Waals surface area contributed by atoms with Crippen molar-refractivity contribution in [2.75, 3.05) is 7.11 Å². The predicted molar refractivity (Wildman–Crippen MR) is 104 cm³/mol. The Balaban J connectivity index is 2.31. The van der Waals surface area contributed by atoms with Gasteiger partial charge in [0.2, 0.25) is 0 Å². The van der Waals surface area contributed by atoms with Crippen LogP contribution >= 0.6 is 7.60 Å². The zero-order chi connectivity index (χ0) is 19.5. The standard InChI is InChI=1S/C20H25O5P/c1-14(13-26(21,22)23)7-6-8-15(2)18-11-16-9-10-17(24-5)12-19(16)25-20(18,3)4/h6-13H,1-5H3,(H2,21,22,23). The largest absolute Gasteiger partial charge is 0.497 e. The van der Waals surface area contributed by atoms with E-state index in [1.54, 1.807) is 26.2 Å². The van der Waals surface area contributed by atoms with Crippen LogP contribution < -0.4 is 9.47 Å². The van der Waals surface area contributed by atoms with E-state index >= 15 is 0 Å². The topological polar surface area (TPSA) is 76.0 Å². The van der Waals surface area contributed by atoms with Crippen LogP contribution in [0.2, 0.25) is 0 Å². The molecular formula is C20H25O5P. The van der Waals surface area contributed by atoms with E-state index in [1.165, 1.54) is 0 Å². The Morgan fingerprint density at radius 3 is 2.58 bits per heavy atom. The molecule has 0 unspecified atom stereocenters. The van der Waals surface area contributed by atoms with Gasteiger partial charge in [-0.3, -0.25) is 4.57 Å². The molecule has 1 aliphatic heterocycles. The summed E-state index contributed by atoms with van der Waals surface area (Å²) in [6.07, 6.45) is 7.44. The van der Waals surface area contributed by atoms with E-state index in [-0.39, 0.29) is 0 Å². The highest BCUT2D eigenvalue weighted by molar-refractivity contribution is 7.55. The van der Waals surface area contributed by atoms with Gasteiger partial charge >= 0.3 is 7.60 Å². The van der Waals surface area contributed by atoms with Crippen LogP contribution in [-0.4, -0.2) is 22.5 Å². The zero-order valence-corrected chi connectivity index (χ0v) is 16.6. The highest BCUT2D eigenvalue weighted by atomic mass is 31.2. The Bertz CT molecular complexity index is 853. The summed E-state index contributed by atoms with van der Waals surface area (Å²) in [5.41, 5.74) is 3.03. The molecular weight excluding hydrogens is 351 g/mol. The Morgan fingerprint density at radius 1 is 1.27 bits per heavy atom. The number of allylic oxidation sites excluding steroid dienone is 4. The number of benzene rings is 1. The van der Waals surface area contributed by atoms with Gasteiger partial charge in [0, 0.05) is 17.4 Å². The number of fused-ring (bicyclic) bond motifs is 1. The van der Waals surface area contributed by atoms with Crippen molar-refractivity contribution in [3.05, 3.63) is 64.5 Å². The third-order valence-corrected chi connectivity index (χ3v) is 4.78. The van der Waals surface area contributed by atoms with E-state index in [2.05, 4.69) is 6.08 Å². The first kappa shape index (κ1) is 20.2. The molecule has 0 amide bonds. The van der Waals surface area contributed by atoms with Crippen LogP contribution in [0.3, 0.4) is 0 Å². The fourth-order valence-electron chi connectivity index (χ4n) is 2.84. The molecule has 1 aromatic carbocycles. The summed E-state index contributed by atoms with van der Waals surface area (Å²) in [5, 5.41) is 0. The number of rotatable bonds is 5. The third kappa shape index (κ3) is 5.21. The number of ether oxygens (including phenoxy) is 2. The Kier molecular flexibility index (Phi) is 5.97. The average molecular weight is 376 g/mol. The SMILES string of the molecule is COc1ccc2c(c1)OC(C)(C)C(C(C)=CC=CC(C)=CP(=O)(O)O)=C2. The van der Waals surface area contributed by atoms with Gasteiger partial charge in [0.25, 0.3) is 0 Å². The first-order valence-corrected chi connectivity index (χ1v) is 9.89. The molecule has 1 aliphatic rings. The molecule has 140 valence electrons. The van der Waals surface area contributed by atoms with Crippen LogP contribution in [0.5, 0.6) is 11.5 Å². The molecule has 26 heavy (non-hydrogen) atoms. The fraction of sp³-hybridized carbons (Fsp3) is 0.300. The van der Waals surface area contributed by atoms with E-state index in [9.17, 15) is 4.57 Å². The van der Waals surface area contributed by atoms with Gasteiger partial charge in [-0.05, 0) is 62.6 Å². The lowest BCUT2D eigenvalue weighted by Crippen LogP contribution is -2.33. The molecule has 1 heterocycles. The van der Waals surface area contributed by atoms with Crippen LogP contribution in [0.15, 0.2) is 59.0 Å². The summed E-state index contributed by atoms with van der Waals surface area (Å²) < 4.78 is 22.4. The van der Waals surface area contributed by atoms with E-state index in [0.717, 1.165) is 34.0 Å². The van der Waals surface area contributed by atoms with Crippen molar-refractivity contribution in [3.8, 4) is 11.5 Å². The molecule has 6 heteroatoms. The summed E-state index contributed by atoms with van der Waals surface area (Å²) >= 11 is 0. The summed E-state index contributed by atoms with van der Waals surface area (Å²) in [5.74, 6) is 2.48. The number of methoxy groups -OCH3 is 1. The van der Waals surface area contributed by atoms with Crippen molar-refractivity contribution in [2.24, 2.45) is 0 Å². The molecule has 0 aliphatic carbocycles.